The Morgan fingerprint density at radius 2 is 1.83 bits per heavy atom. The van der Waals surface area contributed by atoms with Gasteiger partial charge in [-0.15, -0.1) is 0 Å². The maximum atomic E-state index is 13.1. The number of ether oxygens (including phenoxy) is 1. The highest BCUT2D eigenvalue weighted by Crippen LogP contribution is 2.47. The normalized spacial score (nSPS) is 17.6. The van der Waals surface area contributed by atoms with Gasteiger partial charge < -0.3 is 4.74 Å². The summed E-state index contributed by atoms with van der Waals surface area (Å²) >= 11 is -0.782. The number of hydrogen-bond donors (Lipinski definition) is 0. The SMILES string of the molecule is O=C1c2c(SC(F)(F)F)ccc(F)c2OC1(F)F. The van der Waals surface area contributed by atoms with Crippen molar-refractivity contribution in [2.24, 2.45) is 0 Å². The lowest BCUT2D eigenvalue weighted by Crippen LogP contribution is -2.28. The Morgan fingerprint density at radius 3 is 2.39 bits per heavy atom. The molecule has 0 bridgehead atoms. The molecule has 2 nitrogen and oxygen atoms in total. The predicted molar refractivity (Wildman–Crippen MR) is 48.2 cm³/mol. The number of carbonyl (C=O) groups is 1. The van der Waals surface area contributed by atoms with Crippen LogP contribution in [0.15, 0.2) is 17.0 Å². The number of halogens is 6. The van der Waals surface area contributed by atoms with Crippen molar-refractivity contribution in [3.05, 3.63) is 23.5 Å². The van der Waals surface area contributed by atoms with E-state index in [4.69, 9.17) is 0 Å². The second-order valence-electron chi connectivity index (χ2n) is 3.25. The fourth-order valence-corrected chi connectivity index (χ4v) is 2.06. The zero-order valence-electron chi connectivity index (χ0n) is 8.15. The first kappa shape index (κ1) is 13.1. The molecule has 1 aromatic carbocycles. The molecule has 0 N–H and O–H groups in total. The van der Waals surface area contributed by atoms with E-state index >= 15 is 0 Å². The molecule has 2 rings (SSSR count). The van der Waals surface area contributed by atoms with Crippen LogP contribution in [0.1, 0.15) is 10.4 Å². The summed E-state index contributed by atoms with van der Waals surface area (Å²) in [7, 11) is 0. The quantitative estimate of drug-likeness (QED) is 0.583. The molecule has 0 radical (unpaired) electrons. The molecule has 1 aliphatic heterocycles. The Labute approximate surface area is 99.9 Å². The summed E-state index contributed by atoms with van der Waals surface area (Å²) in [6.07, 6.45) is -4.34. The molecule has 1 aromatic rings. The molecule has 1 aliphatic rings. The number of carbonyl (C=O) groups excluding carboxylic acids is 1. The maximum absolute atomic E-state index is 13.1. The largest absolute Gasteiger partial charge is 0.466 e. The Kier molecular flexibility index (Phi) is 2.76. The summed E-state index contributed by atoms with van der Waals surface area (Å²) in [5, 5.41) is 0. The first-order chi connectivity index (χ1) is 8.12. The number of hydrogen-bond acceptors (Lipinski definition) is 3. The highest BCUT2D eigenvalue weighted by molar-refractivity contribution is 8.00. The molecule has 0 amide bonds. The second-order valence-corrected chi connectivity index (χ2v) is 4.35. The topological polar surface area (TPSA) is 26.3 Å². The van der Waals surface area contributed by atoms with Crippen LogP contribution in [0.25, 0.3) is 0 Å². The van der Waals surface area contributed by atoms with Crippen LogP contribution in [0.3, 0.4) is 0 Å². The maximum Gasteiger partial charge on any atom is 0.466 e. The van der Waals surface area contributed by atoms with Crippen molar-refractivity contribution in [3.63, 3.8) is 0 Å². The molecule has 0 atom stereocenters. The number of fused-ring (bicyclic) bond motifs is 1. The van der Waals surface area contributed by atoms with Gasteiger partial charge in [-0.25, -0.2) is 4.39 Å². The third-order valence-corrected chi connectivity index (χ3v) is 2.81. The average molecular weight is 288 g/mol. The van der Waals surface area contributed by atoms with E-state index in [1.807, 2.05) is 0 Å². The van der Waals surface area contributed by atoms with Crippen molar-refractivity contribution in [1.82, 2.24) is 0 Å². The summed E-state index contributed by atoms with van der Waals surface area (Å²) in [6.45, 7) is 0. The van der Waals surface area contributed by atoms with Crippen molar-refractivity contribution >= 4 is 17.5 Å². The minimum absolute atomic E-state index is 0.529. The first-order valence-electron chi connectivity index (χ1n) is 4.32. The zero-order valence-corrected chi connectivity index (χ0v) is 8.96. The Hall–Kier alpha value is -1.38. The van der Waals surface area contributed by atoms with Gasteiger partial charge in [0.2, 0.25) is 0 Å². The average Bonchev–Trinajstić information content (AvgIpc) is 2.43. The first-order valence-corrected chi connectivity index (χ1v) is 5.13. The molecule has 0 unspecified atom stereocenters. The number of alkyl halides is 5. The minimum Gasteiger partial charge on any atom is -0.422 e. The standard InChI is InChI=1S/C9H2F6O2S/c10-3-1-2-4(18-9(13,14)15)5-6(3)17-8(11,12)7(5)16/h1-2H. The third kappa shape index (κ3) is 2.14. The Morgan fingerprint density at radius 1 is 1.22 bits per heavy atom. The minimum atomic E-state index is -4.79. The van der Waals surface area contributed by atoms with Crippen molar-refractivity contribution < 1.29 is 35.9 Å². The lowest BCUT2D eigenvalue weighted by Gasteiger charge is -2.08. The van der Waals surface area contributed by atoms with Crippen molar-refractivity contribution in [1.29, 1.82) is 0 Å². The van der Waals surface area contributed by atoms with Gasteiger partial charge in [-0.05, 0) is 23.9 Å². The van der Waals surface area contributed by atoms with Gasteiger partial charge in [-0.3, -0.25) is 4.79 Å². The van der Waals surface area contributed by atoms with E-state index in [-0.39, 0.29) is 0 Å². The van der Waals surface area contributed by atoms with Crippen LogP contribution < -0.4 is 4.74 Å². The van der Waals surface area contributed by atoms with Gasteiger partial charge in [0.25, 0.3) is 5.78 Å². The molecule has 98 valence electrons. The number of ketones is 1. The number of rotatable bonds is 1. The van der Waals surface area contributed by atoms with Crippen LogP contribution in [0.4, 0.5) is 26.3 Å². The van der Waals surface area contributed by atoms with Gasteiger partial charge in [-0.2, -0.15) is 22.0 Å². The van der Waals surface area contributed by atoms with E-state index in [9.17, 15) is 31.1 Å². The van der Waals surface area contributed by atoms with E-state index in [2.05, 4.69) is 4.74 Å². The number of benzene rings is 1. The summed E-state index contributed by atoms with van der Waals surface area (Å²) in [5.41, 5.74) is -5.87. The van der Waals surface area contributed by atoms with Gasteiger partial charge in [0.1, 0.15) is 0 Å². The van der Waals surface area contributed by atoms with E-state index in [0.29, 0.717) is 12.1 Å². The molecule has 0 aliphatic carbocycles. The zero-order chi connectivity index (χ0) is 13.7. The second kappa shape index (κ2) is 3.81. The third-order valence-electron chi connectivity index (χ3n) is 2.02. The van der Waals surface area contributed by atoms with Crippen molar-refractivity contribution in [2.45, 2.75) is 16.5 Å². The summed E-state index contributed by atoms with van der Waals surface area (Å²) in [4.78, 5) is 10.3. The Bertz CT molecular complexity index is 525. The Balaban J connectivity index is 2.55. The molecular weight excluding hydrogens is 286 g/mol. The van der Waals surface area contributed by atoms with E-state index < -0.39 is 51.2 Å². The molecule has 0 saturated carbocycles. The fourth-order valence-electron chi connectivity index (χ4n) is 1.38. The van der Waals surface area contributed by atoms with E-state index in [1.165, 1.54) is 0 Å². The van der Waals surface area contributed by atoms with Crippen molar-refractivity contribution in [3.8, 4) is 5.75 Å². The molecule has 0 fully saturated rings. The summed E-state index contributed by atoms with van der Waals surface area (Å²) in [6, 6.07) is 1.14. The molecule has 1 heterocycles. The molecule has 0 saturated heterocycles. The molecular formula is C9H2F6O2S. The smallest absolute Gasteiger partial charge is 0.422 e. The van der Waals surface area contributed by atoms with Crippen LogP contribution in [0.5, 0.6) is 5.75 Å². The van der Waals surface area contributed by atoms with Crippen LogP contribution in [0, 0.1) is 5.82 Å². The van der Waals surface area contributed by atoms with E-state index in [1.54, 1.807) is 0 Å². The molecule has 0 spiro atoms. The van der Waals surface area contributed by atoms with Gasteiger partial charge >= 0.3 is 11.6 Å². The molecule has 9 heteroatoms. The van der Waals surface area contributed by atoms with Gasteiger partial charge in [-0.1, -0.05) is 0 Å². The van der Waals surface area contributed by atoms with E-state index in [0.717, 1.165) is 0 Å². The number of Topliss-reactive ketones (excluding diaryl/α,β-unsaturated/α-hetero) is 1. The lowest BCUT2D eigenvalue weighted by molar-refractivity contribution is -0.125. The van der Waals surface area contributed by atoms with Gasteiger partial charge in [0.15, 0.2) is 11.6 Å². The van der Waals surface area contributed by atoms with Gasteiger partial charge in [0.05, 0.1) is 5.56 Å². The predicted octanol–water partition coefficient (Wildman–Crippen LogP) is 3.61. The fraction of sp³-hybridized carbons (Fsp3) is 0.222. The summed E-state index contributed by atoms with van der Waals surface area (Å²) in [5.74, 6) is -4.45. The number of thioether (sulfide) groups is 1. The van der Waals surface area contributed by atoms with Crippen molar-refractivity contribution in [2.75, 3.05) is 0 Å². The van der Waals surface area contributed by atoms with Crippen LogP contribution in [-0.2, 0) is 0 Å². The summed E-state index contributed by atoms with van der Waals surface area (Å²) < 4.78 is 79.1. The monoisotopic (exact) mass is 288 g/mol. The highest BCUT2D eigenvalue weighted by atomic mass is 32.2. The lowest BCUT2D eigenvalue weighted by atomic mass is 10.1. The van der Waals surface area contributed by atoms with Gasteiger partial charge in [0, 0.05) is 4.90 Å². The highest BCUT2D eigenvalue weighted by Gasteiger charge is 2.53. The van der Waals surface area contributed by atoms with Crippen LogP contribution >= 0.6 is 11.8 Å². The van der Waals surface area contributed by atoms with Crippen LogP contribution in [-0.4, -0.2) is 17.4 Å². The molecule has 18 heavy (non-hydrogen) atoms. The van der Waals surface area contributed by atoms with Crippen LogP contribution in [0.2, 0.25) is 0 Å². The molecule has 0 aromatic heterocycles.